The van der Waals surface area contributed by atoms with Crippen molar-refractivity contribution in [1.29, 1.82) is 0 Å². The second-order valence-corrected chi connectivity index (χ2v) is 7.53. The zero-order valence-corrected chi connectivity index (χ0v) is 16.9. The van der Waals surface area contributed by atoms with Crippen molar-refractivity contribution in [2.75, 3.05) is 0 Å². The van der Waals surface area contributed by atoms with Crippen molar-refractivity contribution in [3.63, 3.8) is 0 Å². The summed E-state index contributed by atoms with van der Waals surface area (Å²) < 4.78 is 6.24. The van der Waals surface area contributed by atoms with Crippen LogP contribution >= 0.6 is 0 Å². The highest BCUT2D eigenvalue weighted by Crippen LogP contribution is 2.46. The van der Waals surface area contributed by atoms with Crippen LogP contribution in [0.1, 0.15) is 70.6 Å². The van der Waals surface area contributed by atoms with E-state index in [0.29, 0.717) is 36.4 Å². The van der Waals surface area contributed by atoms with Crippen LogP contribution in [0, 0.1) is 0 Å². The Kier molecular flexibility index (Phi) is 5.87. The summed E-state index contributed by atoms with van der Waals surface area (Å²) in [4.78, 5) is 26.6. The van der Waals surface area contributed by atoms with Crippen LogP contribution in [0.3, 0.4) is 0 Å². The molecule has 4 nitrogen and oxygen atoms in total. The SMILES string of the molecule is CCCC1=C(O)c2c(oc(-c3ccccc3)cc2=O)C(CCC)(CCC)C1=O. The minimum Gasteiger partial charge on any atom is -0.507 e. The molecule has 28 heavy (non-hydrogen) atoms. The smallest absolute Gasteiger partial charge is 0.196 e. The Morgan fingerprint density at radius 2 is 1.61 bits per heavy atom. The van der Waals surface area contributed by atoms with Gasteiger partial charge >= 0.3 is 0 Å². The van der Waals surface area contributed by atoms with E-state index < -0.39 is 5.41 Å². The lowest BCUT2D eigenvalue weighted by Gasteiger charge is -2.36. The molecule has 0 fully saturated rings. The van der Waals surface area contributed by atoms with Gasteiger partial charge in [-0.1, -0.05) is 70.4 Å². The highest BCUT2D eigenvalue weighted by atomic mass is 16.3. The van der Waals surface area contributed by atoms with E-state index in [4.69, 9.17) is 4.42 Å². The number of aliphatic hydroxyl groups excluding tert-OH is 1. The molecule has 0 bridgehead atoms. The molecule has 1 aromatic carbocycles. The number of benzene rings is 1. The van der Waals surface area contributed by atoms with E-state index in [2.05, 4.69) is 0 Å². The third-order valence-corrected chi connectivity index (χ3v) is 5.53. The first-order valence-corrected chi connectivity index (χ1v) is 10.2. The largest absolute Gasteiger partial charge is 0.507 e. The Morgan fingerprint density at radius 1 is 0.964 bits per heavy atom. The van der Waals surface area contributed by atoms with Crippen LogP contribution in [-0.2, 0) is 10.2 Å². The molecule has 1 aromatic heterocycles. The van der Waals surface area contributed by atoms with Crippen molar-refractivity contribution in [1.82, 2.24) is 0 Å². The van der Waals surface area contributed by atoms with Crippen molar-refractivity contribution < 1.29 is 14.3 Å². The summed E-state index contributed by atoms with van der Waals surface area (Å²) in [6.45, 7) is 6.02. The number of carbonyl (C=O) groups is 1. The van der Waals surface area contributed by atoms with Gasteiger partial charge < -0.3 is 9.52 Å². The molecule has 0 radical (unpaired) electrons. The van der Waals surface area contributed by atoms with Gasteiger partial charge in [-0.15, -0.1) is 0 Å². The zero-order chi connectivity index (χ0) is 20.3. The quantitative estimate of drug-likeness (QED) is 0.659. The number of Topliss-reactive ketones (excluding diaryl/α,β-unsaturated/α-hetero) is 1. The number of ketones is 1. The first-order chi connectivity index (χ1) is 13.5. The van der Waals surface area contributed by atoms with Crippen molar-refractivity contribution >= 4 is 11.5 Å². The maximum atomic E-state index is 13.6. The lowest BCUT2D eigenvalue weighted by molar-refractivity contribution is -0.122. The highest BCUT2D eigenvalue weighted by Gasteiger charge is 2.49. The van der Waals surface area contributed by atoms with Gasteiger partial charge in [0.05, 0.1) is 5.41 Å². The van der Waals surface area contributed by atoms with E-state index in [-0.39, 0.29) is 22.5 Å². The molecule has 0 saturated carbocycles. The van der Waals surface area contributed by atoms with Crippen molar-refractivity contribution in [3.05, 3.63) is 63.5 Å². The van der Waals surface area contributed by atoms with E-state index in [1.54, 1.807) is 0 Å². The molecule has 148 valence electrons. The summed E-state index contributed by atoms with van der Waals surface area (Å²) in [5, 5.41) is 10.8. The average molecular weight is 380 g/mol. The summed E-state index contributed by atoms with van der Waals surface area (Å²) >= 11 is 0. The van der Waals surface area contributed by atoms with Crippen LogP contribution in [0.25, 0.3) is 17.1 Å². The number of aliphatic hydroxyl groups is 1. The predicted molar refractivity (Wildman–Crippen MR) is 111 cm³/mol. The Bertz CT molecular complexity index is 944. The minimum absolute atomic E-state index is 0.0867. The second kappa shape index (κ2) is 8.17. The summed E-state index contributed by atoms with van der Waals surface area (Å²) in [6, 6.07) is 10.8. The van der Waals surface area contributed by atoms with Gasteiger partial charge in [0.15, 0.2) is 11.2 Å². The molecular weight excluding hydrogens is 352 g/mol. The first kappa shape index (κ1) is 20.1. The van der Waals surface area contributed by atoms with Crippen LogP contribution in [-0.4, -0.2) is 10.9 Å². The van der Waals surface area contributed by atoms with E-state index in [0.717, 1.165) is 24.8 Å². The standard InChI is InChI=1S/C24H28O4/c1-4-10-17-21(26)20-18(25)15-19(16-11-8-7-9-12-16)28-23(20)24(13-5-2,14-6-3)22(17)27/h7-9,11-12,15,26H,4-6,10,13-14H2,1-3H3. The molecule has 0 unspecified atom stereocenters. The average Bonchev–Trinajstić information content (AvgIpc) is 2.70. The Balaban J connectivity index is 2.36. The van der Waals surface area contributed by atoms with Gasteiger partial charge in [-0.3, -0.25) is 9.59 Å². The van der Waals surface area contributed by atoms with Gasteiger partial charge in [-0.05, 0) is 19.3 Å². The highest BCUT2D eigenvalue weighted by molar-refractivity contribution is 6.10. The van der Waals surface area contributed by atoms with Crippen LogP contribution in [0.2, 0.25) is 0 Å². The summed E-state index contributed by atoms with van der Waals surface area (Å²) in [5.74, 6) is 0.486. The Labute approximate surface area is 165 Å². The molecular formula is C24H28O4. The second-order valence-electron chi connectivity index (χ2n) is 7.53. The molecule has 0 atom stereocenters. The summed E-state index contributed by atoms with van der Waals surface area (Å²) in [7, 11) is 0. The maximum Gasteiger partial charge on any atom is 0.196 e. The lowest BCUT2D eigenvalue weighted by atomic mass is 9.66. The van der Waals surface area contributed by atoms with Gasteiger partial charge in [0, 0.05) is 17.2 Å². The number of fused-ring (bicyclic) bond motifs is 1. The first-order valence-electron chi connectivity index (χ1n) is 10.2. The third-order valence-electron chi connectivity index (χ3n) is 5.53. The molecule has 0 amide bonds. The Morgan fingerprint density at radius 3 is 2.18 bits per heavy atom. The maximum absolute atomic E-state index is 13.6. The molecule has 1 aliphatic rings. The molecule has 1 N–H and O–H groups in total. The van der Waals surface area contributed by atoms with E-state index in [1.165, 1.54) is 6.07 Å². The lowest BCUT2D eigenvalue weighted by Crippen LogP contribution is -2.42. The molecule has 1 aliphatic carbocycles. The fraction of sp³-hybridized carbons (Fsp3) is 0.417. The van der Waals surface area contributed by atoms with Crippen LogP contribution in [0.15, 0.2) is 51.2 Å². The van der Waals surface area contributed by atoms with Gasteiger partial charge in [0.1, 0.15) is 22.8 Å². The number of hydrogen-bond donors (Lipinski definition) is 1. The monoisotopic (exact) mass is 380 g/mol. The fourth-order valence-electron chi connectivity index (χ4n) is 4.36. The molecule has 0 spiro atoms. The van der Waals surface area contributed by atoms with E-state index >= 15 is 0 Å². The van der Waals surface area contributed by atoms with Gasteiger partial charge in [0.25, 0.3) is 0 Å². The van der Waals surface area contributed by atoms with Crippen molar-refractivity contribution in [3.8, 4) is 11.3 Å². The van der Waals surface area contributed by atoms with Gasteiger partial charge in [-0.2, -0.15) is 0 Å². The van der Waals surface area contributed by atoms with Gasteiger partial charge in [0.2, 0.25) is 0 Å². The molecule has 1 heterocycles. The topological polar surface area (TPSA) is 67.5 Å². The fourth-order valence-corrected chi connectivity index (χ4v) is 4.36. The molecule has 3 rings (SSSR count). The van der Waals surface area contributed by atoms with Crippen LogP contribution in [0.4, 0.5) is 0 Å². The summed E-state index contributed by atoms with van der Waals surface area (Å²) in [5.41, 5.74) is 0.135. The number of allylic oxidation sites excluding steroid dienone is 1. The molecule has 0 aliphatic heterocycles. The van der Waals surface area contributed by atoms with Crippen molar-refractivity contribution in [2.45, 2.75) is 64.7 Å². The number of hydrogen-bond acceptors (Lipinski definition) is 4. The third kappa shape index (κ3) is 3.21. The van der Waals surface area contributed by atoms with Crippen LogP contribution in [0.5, 0.6) is 0 Å². The Hall–Kier alpha value is -2.62. The zero-order valence-electron chi connectivity index (χ0n) is 16.9. The van der Waals surface area contributed by atoms with Crippen LogP contribution < -0.4 is 5.43 Å². The number of rotatable bonds is 7. The summed E-state index contributed by atoms with van der Waals surface area (Å²) in [6.07, 6.45) is 3.93. The van der Waals surface area contributed by atoms with Crippen molar-refractivity contribution in [2.24, 2.45) is 0 Å². The van der Waals surface area contributed by atoms with Gasteiger partial charge in [-0.25, -0.2) is 0 Å². The van der Waals surface area contributed by atoms with E-state index in [1.807, 2.05) is 51.1 Å². The van der Waals surface area contributed by atoms with E-state index in [9.17, 15) is 14.7 Å². The normalized spacial score (nSPS) is 15.6. The predicted octanol–water partition coefficient (Wildman–Crippen LogP) is 5.80. The molecule has 2 aromatic rings. The minimum atomic E-state index is -0.889. The number of carbonyl (C=O) groups excluding carboxylic acids is 1. The molecule has 4 heteroatoms. The molecule has 0 saturated heterocycles.